The molecule has 0 atom stereocenters. The van der Waals surface area contributed by atoms with Crippen molar-refractivity contribution in [2.45, 2.75) is 13.8 Å². The number of allylic oxidation sites excluding steroid dienone is 1. The normalized spacial score (nSPS) is 10.5. The molecule has 0 saturated heterocycles. The fraction of sp³-hybridized carbons (Fsp3) is 0.273. The number of pyridine rings is 1. The monoisotopic (exact) mass is 207 g/mol. The van der Waals surface area contributed by atoms with Crippen LogP contribution in [0.5, 0.6) is 5.88 Å². The molecular formula is C11H13NO3. The maximum atomic E-state index is 10.7. The second kappa shape index (κ2) is 5.14. The van der Waals surface area contributed by atoms with Gasteiger partial charge in [-0.25, -0.2) is 9.78 Å². The van der Waals surface area contributed by atoms with E-state index in [1.165, 1.54) is 12.1 Å². The van der Waals surface area contributed by atoms with E-state index in [-0.39, 0.29) is 5.56 Å². The van der Waals surface area contributed by atoms with E-state index in [0.717, 1.165) is 0 Å². The summed E-state index contributed by atoms with van der Waals surface area (Å²) in [5, 5.41) is 8.81. The molecule has 1 heterocycles. The van der Waals surface area contributed by atoms with Crippen molar-refractivity contribution in [3.8, 4) is 5.88 Å². The van der Waals surface area contributed by atoms with Crippen molar-refractivity contribution in [3.63, 3.8) is 0 Å². The number of ether oxygens (including phenoxy) is 1. The lowest BCUT2D eigenvalue weighted by atomic mass is 10.2. The molecule has 1 aromatic rings. The van der Waals surface area contributed by atoms with Crippen LogP contribution in [0.4, 0.5) is 0 Å². The molecule has 0 saturated carbocycles. The molecule has 0 aliphatic carbocycles. The third kappa shape index (κ3) is 3.42. The maximum Gasteiger partial charge on any atom is 0.335 e. The largest absolute Gasteiger partial charge is 0.478 e. The molecule has 1 rings (SSSR count). The molecule has 0 unspecified atom stereocenters. The molecule has 1 N–H and O–H groups in total. The predicted octanol–water partition coefficient (Wildman–Crippen LogP) is 2.04. The first-order valence-electron chi connectivity index (χ1n) is 4.59. The number of nitrogens with zero attached hydrogens (tertiary/aromatic N) is 1. The number of aromatic carboxylic acids is 1. The Morgan fingerprint density at radius 3 is 2.93 bits per heavy atom. The first-order chi connectivity index (χ1) is 7.13. The summed E-state index contributed by atoms with van der Waals surface area (Å²) in [5.41, 5.74) is 0.823. The van der Waals surface area contributed by atoms with Crippen LogP contribution < -0.4 is 4.74 Å². The summed E-state index contributed by atoms with van der Waals surface area (Å²) in [6.45, 7) is 4.01. The van der Waals surface area contributed by atoms with Gasteiger partial charge in [0.1, 0.15) is 6.61 Å². The minimum atomic E-state index is -0.976. The van der Waals surface area contributed by atoms with Crippen LogP contribution in [-0.4, -0.2) is 22.7 Å². The Bertz CT molecular complexity index is 385. The number of carboxylic acids is 1. The molecule has 1 aromatic heterocycles. The zero-order chi connectivity index (χ0) is 11.3. The van der Waals surface area contributed by atoms with Crippen LogP contribution in [-0.2, 0) is 0 Å². The van der Waals surface area contributed by atoms with Crippen LogP contribution >= 0.6 is 0 Å². The quantitative estimate of drug-likeness (QED) is 0.767. The maximum absolute atomic E-state index is 10.7. The predicted molar refractivity (Wildman–Crippen MR) is 56.2 cm³/mol. The summed E-state index contributed by atoms with van der Waals surface area (Å²) in [6.07, 6.45) is 3.68. The van der Waals surface area contributed by atoms with Crippen molar-refractivity contribution in [2.24, 2.45) is 0 Å². The van der Waals surface area contributed by atoms with Gasteiger partial charge in [-0.05, 0) is 19.9 Å². The highest BCUT2D eigenvalue weighted by Crippen LogP contribution is 2.12. The molecule has 4 nitrogen and oxygen atoms in total. The lowest BCUT2D eigenvalue weighted by Gasteiger charge is -2.04. The van der Waals surface area contributed by atoms with Gasteiger partial charge in [-0.3, -0.25) is 0 Å². The standard InChI is InChI=1S/C11H13NO3/c1-3-4-5-15-10-7-9(11(13)14)6-8(2)12-10/h3-4,6-7H,5H2,1-2H3,(H,13,14)/b4-3+. The molecule has 0 fully saturated rings. The molecular weight excluding hydrogens is 194 g/mol. The third-order valence-electron chi connectivity index (χ3n) is 1.74. The fourth-order valence-electron chi connectivity index (χ4n) is 1.07. The topological polar surface area (TPSA) is 59.4 Å². The number of aromatic nitrogens is 1. The van der Waals surface area contributed by atoms with E-state index < -0.39 is 5.97 Å². The average molecular weight is 207 g/mol. The van der Waals surface area contributed by atoms with Gasteiger partial charge in [0.2, 0.25) is 5.88 Å². The molecule has 0 radical (unpaired) electrons. The van der Waals surface area contributed by atoms with Gasteiger partial charge in [-0.15, -0.1) is 0 Å². The van der Waals surface area contributed by atoms with Crippen molar-refractivity contribution in [1.82, 2.24) is 4.98 Å². The number of carbonyl (C=O) groups is 1. The minimum absolute atomic E-state index is 0.193. The molecule has 0 aliphatic heterocycles. The smallest absolute Gasteiger partial charge is 0.335 e. The van der Waals surface area contributed by atoms with Gasteiger partial charge in [0.25, 0.3) is 0 Å². The van der Waals surface area contributed by atoms with Crippen LogP contribution in [0.25, 0.3) is 0 Å². The molecule has 15 heavy (non-hydrogen) atoms. The Labute approximate surface area is 88.2 Å². The van der Waals surface area contributed by atoms with Crippen molar-refractivity contribution >= 4 is 5.97 Å². The summed E-state index contributed by atoms with van der Waals surface area (Å²) in [4.78, 5) is 14.8. The van der Waals surface area contributed by atoms with Gasteiger partial charge in [-0.1, -0.05) is 12.2 Å². The number of hydrogen-bond acceptors (Lipinski definition) is 3. The van der Waals surface area contributed by atoms with Crippen LogP contribution in [0.1, 0.15) is 23.0 Å². The first-order valence-corrected chi connectivity index (χ1v) is 4.59. The molecule has 0 bridgehead atoms. The van der Waals surface area contributed by atoms with E-state index in [1.807, 2.05) is 19.1 Å². The van der Waals surface area contributed by atoms with Crippen molar-refractivity contribution in [1.29, 1.82) is 0 Å². The Morgan fingerprint density at radius 1 is 1.60 bits per heavy atom. The zero-order valence-corrected chi connectivity index (χ0v) is 8.73. The molecule has 4 heteroatoms. The number of aryl methyl sites for hydroxylation is 1. The van der Waals surface area contributed by atoms with Crippen LogP contribution in [0.15, 0.2) is 24.3 Å². The van der Waals surface area contributed by atoms with Gasteiger partial charge in [0.15, 0.2) is 0 Å². The fourth-order valence-corrected chi connectivity index (χ4v) is 1.07. The van der Waals surface area contributed by atoms with Crippen LogP contribution in [0.3, 0.4) is 0 Å². The summed E-state index contributed by atoms with van der Waals surface area (Å²) in [7, 11) is 0. The highest BCUT2D eigenvalue weighted by Gasteiger charge is 2.06. The van der Waals surface area contributed by atoms with E-state index in [1.54, 1.807) is 6.92 Å². The van der Waals surface area contributed by atoms with E-state index in [0.29, 0.717) is 18.2 Å². The highest BCUT2D eigenvalue weighted by atomic mass is 16.5. The van der Waals surface area contributed by atoms with Gasteiger partial charge >= 0.3 is 5.97 Å². The number of rotatable bonds is 4. The second-order valence-electron chi connectivity index (χ2n) is 3.02. The Hall–Kier alpha value is -1.84. The summed E-state index contributed by atoms with van der Waals surface area (Å²) < 4.78 is 5.26. The first kappa shape index (κ1) is 11.2. The molecule has 0 spiro atoms. The molecule has 80 valence electrons. The highest BCUT2D eigenvalue weighted by molar-refractivity contribution is 5.87. The van der Waals surface area contributed by atoms with Gasteiger partial charge in [0, 0.05) is 11.8 Å². The lowest BCUT2D eigenvalue weighted by Crippen LogP contribution is -2.02. The minimum Gasteiger partial charge on any atom is -0.478 e. The van der Waals surface area contributed by atoms with E-state index in [9.17, 15) is 4.79 Å². The lowest BCUT2D eigenvalue weighted by molar-refractivity contribution is 0.0696. The number of hydrogen-bond donors (Lipinski definition) is 1. The molecule has 0 aromatic carbocycles. The summed E-state index contributed by atoms with van der Waals surface area (Å²) in [5.74, 6) is -0.637. The molecule has 0 amide bonds. The SMILES string of the molecule is C/C=C/COc1cc(C(=O)O)cc(C)n1. The van der Waals surface area contributed by atoms with Gasteiger partial charge < -0.3 is 9.84 Å². The van der Waals surface area contributed by atoms with Crippen molar-refractivity contribution in [2.75, 3.05) is 6.61 Å². The van der Waals surface area contributed by atoms with Gasteiger partial charge in [-0.2, -0.15) is 0 Å². The Balaban J connectivity index is 2.84. The van der Waals surface area contributed by atoms with E-state index in [4.69, 9.17) is 9.84 Å². The third-order valence-corrected chi connectivity index (χ3v) is 1.74. The van der Waals surface area contributed by atoms with Crippen LogP contribution in [0.2, 0.25) is 0 Å². The van der Waals surface area contributed by atoms with Gasteiger partial charge in [0.05, 0.1) is 5.56 Å². The van der Waals surface area contributed by atoms with E-state index in [2.05, 4.69) is 4.98 Å². The second-order valence-corrected chi connectivity index (χ2v) is 3.02. The van der Waals surface area contributed by atoms with Crippen LogP contribution in [0, 0.1) is 6.92 Å². The van der Waals surface area contributed by atoms with Crippen molar-refractivity contribution in [3.05, 3.63) is 35.5 Å². The molecule has 0 aliphatic rings. The summed E-state index contributed by atoms with van der Waals surface area (Å²) >= 11 is 0. The average Bonchev–Trinajstić information content (AvgIpc) is 2.17. The van der Waals surface area contributed by atoms with Crippen molar-refractivity contribution < 1.29 is 14.6 Å². The Morgan fingerprint density at radius 2 is 2.33 bits per heavy atom. The zero-order valence-electron chi connectivity index (χ0n) is 8.73. The number of carboxylic acid groups (broad SMARTS) is 1. The summed E-state index contributed by atoms with van der Waals surface area (Å²) in [6, 6.07) is 2.92. The van der Waals surface area contributed by atoms with E-state index >= 15 is 0 Å². The Kier molecular flexibility index (Phi) is 3.85.